The van der Waals surface area contributed by atoms with Crippen LogP contribution in [0.25, 0.3) is 0 Å². The number of nitrogens with one attached hydrogen (secondary N) is 1. The summed E-state index contributed by atoms with van der Waals surface area (Å²) in [5, 5.41) is 2.75. The molecule has 1 atom stereocenters. The summed E-state index contributed by atoms with van der Waals surface area (Å²) < 4.78 is 13.1. The second-order valence-corrected chi connectivity index (χ2v) is 4.73. The smallest absolute Gasteiger partial charge is 0.317 e. The van der Waals surface area contributed by atoms with Crippen LogP contribution in [0.2, 0.25) is 0 Å². The molecule has 19 heavy (non-hydrogen) atoms. The van der Waals surface area contributed by atoms with Crippen molar-refractivity contribution in [3.63, 3.8) is 0 Å². The summed E-state index contributed by atoms with van der Waals surface area (Å²) in [6.45, 7) is 0.363. The van der Waals surface area contributed by atoms with Gasteiger partial charge in [-0.05, 0) is 18.2 Å². The fourth-order valence-electron chi connectivity index (χ4n) is 2.00. The van der Waals surface area contributed by atoms with Gasteiger partial charge < -0.3 is 15.1 Å². The van der Waals surface area contributed by atoms with Crippen LogP contribution in [-0.2, 0) is 4.79 Å². The van der Waals surface area contributed by atoms with Gasteiger partial charge in [0, 0.05) is 32.7 Å². The molecule has 6 heteroatoms. The lowest BCUT2D eigenvalue weighted by atomic mass is 10.2. The molecule has 0 saturated carbocycles. The Morgan fingerprint density at radius 3 is 2.84 bits per heavy atom. The van der Waals surface area contributed by atoms with Gasteiger partial charge in [0.25, 0.3) is 0 Å². The number of rotatable bonds is 2. The molecule has 1 aromatic rings. The summed E-state index contributed by atoms with van der Waals surface area (Å²) in [5.74, 6) is -0.499. The van der Waals surface area contributed by atoms with E-state index in [-0.39, 0.29) is 30.2 Å². The first-order chi connectivity index (χ1) is 8.97. The number of halogens is 1. The van der Waals surface area contributed by atoms with E-state index in [9.17, 15) is 14.0 Å². The Balaban J connectivity index is 2.06. The SMILES string of the molecule is CN(C)C(=O)NC1CC(=O)N(c2cccc(F)c2)C1. The third-order valence-corrected chi connectivity index (χ3v) is 2.98. The van der Waals surface area contributed by atoms with Crippen LogP contribution in [0.5, 0.6) is 0 Å². The van der Waals surface area contributed by atoms with Gasteiger partial charge in [-0.25, -0.2) is 9.18 Å². The second kappa shape index (κ2) is 5.26. The summed E-state index contributed by atoms with van der Waals surface area (Å²) in [7, 11) is 3.27. The fourth-order valence-corrected chi connectivity index (χ4v) is 2.00. The molecule has 0 bridgehead atoms. The zero-order chi connectivity index (χ0) is 14.0. The van der Waals surface area contributed by atoms with Crippen molar-refractivity contribution in [1.82, 2.24) is 10.2 Å². The maximum absolute atomic E-state index is 13.1. The summed E-state index contributed by atoms with van der Waals surface area (Å²) >= 11 is 0. The molecule has 102 valence electrons. The van der Waals surface area contributed by atoms with E-state index in [1.165, 1.54) is 21.9 Å². The van der Waals surface area contributed by atoms with Crippen LogP contribution in [0.15, 0.2) is 24.3 Å². The average molecular weight is 265 g/mol. The Hall–Kier alpha value is -2.11. The van der Waals surface area contributed by atoms with Crippen LogP contribution in [0, 0.1) is 5.82 Å². The molecular weight excluding hydrogens is 249 g/mol. The molecule has 1 fully saturated rings. The van der Waals surface area contributed by atoms with Gasteiger partial charge in [-0.3, -0.25) is 4.79 Å². The number of amides is 3. The van der Waals surface area contributed by atoms with Crippen molar-refractivity contribution >= 4 is 17.6 Å². The van der Waals surface area contributed by atoms with Crippen molar-refractivity contribution < 1.29 is 14.0 Å². The lowest BCUT2D eigenvalue weighted by Gasteiger charge is -2.18. The normalized spacial score (nSPS) is 18.6. The van der Waals surface area contributed by atoms with Gasteiger partial charge >= 0.3 is 6.03 Å². The van der Waals surface area contributed by atoms with E-state index in [4.69, 9.17) is 0 Å². The Bertz CT molecular complexity index is 504. The first kappa shape index (κ1) is 13.3. The Morgan fingerprint density at radius 1 is 1.47 bits per heavy atom. The number of carbonyl (C=O) groups excluding carboxylic acids is 2. The molecule has 1 aromatic carbocycles. The fraction of sp³-hybridized carbons (Fsp3) is 0.385. The highest BCUT2D eigenvalue weighted by atomic mass is 19.1. The predicted octanol–water partition coefficient (Wildman–Crippen LogP) is 1.20. The molecule has 0 aliphatic carbocycles. The molecule has 5 nitrogen and oxygen atoms in total. The molecule has 2 rings (SSSR count). The number of nitrogens with zero attached hydrogens (tertiary/aromatic N) is 2. The summed E-state index contributed by atoms with van der Waals surface area (Å²) in [5.41, 5.74) is 0.520. The zero-order valence-corrected chi connectivity index (χ0v) is 10.9. The third-order valence-electron chi connectivity index (χ3n) is 2.98. The molecular formula is C13H16FN3O2. The van der Waals surface area contributed by atoms with E-state index in [0.717, 1.165) is 0 Å². The molecule has 1 heterocycles. The minimum atomic E-state index is -0.383. The molecule has 1 unspecified atom stereocenters. The van der Waals surface area contributed by atoms with Gasteiger partial charge in [0.2, 0.25) is 5.91 Å². The number of benzene rings is 1. The number of hydrogen-bond acceptors (Lipinski definition) is 2. The van der Waals surface area contributed by atoms with Crippen molar-refractivity contribution in [2.24, 2.45) is 0 Å². The standard InChI is InChI=1S/C13H16FN3O2/c1-16(2)13(19)15-10-7-12(18)17(8-10)11-5-3-4-9(14)6-11/h3-6,10H,7-8H2,1-2H3,(H,15,19). The average Bonchev–Trinajstić information content (AvgIpc) is 2.70. The van der Waals surface area contributed by atoms with Crippen LogP contribution in [0.1, 0.15) is 6.42 Å². The van der Waals surface area contributed by atoms with Crippen molar-refractivity contribution in [1.29, 1.82) is 0 Å². The van der Waals surface area contributed by atoms with Crippen molar-refractivity contribution in [2.75, 3.05) is 25.5 Å². The van der Waals surface area contributed by atoms with Crippen LogP contribution in [0.4, 0.5) is 14.9 Å². The highest BCUT2D eigenvalue weighted by Crippen LogP contribution is 2.22. The van der Waals surface area contributed by atoms with E-state index >= 15 is 0 Å². The maximum atomic E-state index is 13.1. The van der Waals surface area contributed by atoms with Crippen molar-refractivity contribution in [3.05, 3.63) is 30.1 Å². The Kier molecular flexibility index (Phi) is 3.69. The predicted molar refractivity (Wildman–Crippen MR) is 69.4 cm³/mol. The van der Waals surface area contributed by atoms with Gasteiger partial charge in [-0.1, -0.05) is 6.07 Å². The molecule has 0 radical (unpaired) electrons. The molecule has 1 aliphatic rings. The molecule has 0 aromatic heterocycles. The van der Waals surface area contributed by atoms with E-state index in [2.05, 4.69) is 5.32 Å². The van der Waals surface area contributed by atoms with Gasteiger partial charge in [0.1, 0.15) is 5.82 Å². The number of hydrogen-bond donors (Lipinski definition) is 1. The highest BCUT2D eigenvalue weighted by Gasteiger charge is 2.31. The summed E-state index contributed by atoms with van der Waals surface area (Å²) in [4.78, 5) is 26.3. The van der Waals surface area contributed by atoms with Crippen molar-refractivity contribution in [3.8, 4) is 0 Å². The molecule has 1 saturated heterocycles. The first-order valence-electron chi connectivity index (χ1n) is 6.01. The van der Waals surface area contributed by atoms with E-state index < -0.39 is 0 Å². The Labute approximate surface area is 111 Å². The number of urea groups is 1. The molecule has 0 spiro atoms. The minimum absolute atomic E-state index is 0.116. The third kappa shape index (κ3) is 3.01. The molecule has 3 amide bonds. The van der Waals surface area contributed by atoms with Crippen LogP contribution < -0.4 is 10.2 Å². The zero-order valence-electron chi connectivity index (χ0n) is 10.9. The van der Waals surface area contributed by atoms with Crippen molar-refractivity contribution in [2.45, 2.75) is 12.5 Å². The largest absolute Gasteiger partial charge is 0.333 e. The highest BCUT2D eigenvalue weighted by molar-refractivity contribution is 5.96. The van der Waals surface area contributed by atoms with E-state index in [0.29, 0.717) is 12.2 Å². The maximum Gasteiger partial charge on any atom is 0.317 e. The van der Waals surface area contributed by atoms with Gasteiger partial charge in [-0.15, -0.1) is 0 Å². The quantitative estimate of drug-likeness (QED) is 0.873. The van der Waals surface area contributed by atoms with Gasteiger partial charge in [0.05, 0.1) is 6.04 Å². The summed E-state index contributed by atoms with van der Waals surface area (Å²) in [6.07, 6.45) is 0.232. The molecule has 1 aliphatic heterocycles. The van der Waals surface area contributed by atoms with E-state index in [1.807, 2.05) is 0 Å². The topological polar surface area (TPSA) is 52.7 Å². The van der Waals surface area contributed by atoms with E-state index in [1.54, 1.807) is 26.2 Å². The number of anilines is 1. The van der Waals surface area contributed by atoms with Gasteiger partial charge in [-0.2, -0.15) is 0 Å². The molecule has 1 N–H and O–H groups in total. The lowest BCUT2D eigenvalue weighted by Crippen LogP contribution is -2.42. The van der Waals surface area contributed by atoms with Crippen LogP contribution >= 0.6 is 0 Å². The minimum Gasteiger partial charge on any atom is -0.333 e. The van der Waals surface area contributed by atoms with Crippen LogP contribution in [0.3, 0.4) is 0 Å². The first-order valence-corrected chi connectivity index (χ1v) is 6.01. The van der Waals surface area contributed by atoms with Gasteiger partial charge in [0.15, 0.2) is 0 Å². The summed E-state index contributed by atoms with van der Waals surface area (Å²) in [6, 6.07) is 5.40. The monoisotopic (exact) mass is 265 g/mol. The number of carbonyl (C=O) groups is 2. The van der Waals surface area contributed by atoms with Crippen LogP contribution in [-0.4, -0.2) is 43.5 Å². The lowest BCUT2D eigenvalue weighted by molar-refractivity contribution is -0.117. The Morgan fingerprint density at radius 2 is 2.21 bits per heavy atom. The second-order valence-electron chi connectivity index (χ2n) is 4.73.